The minimum atomic E-state index is -0.597. The molecule has 1 atom stereocenters. The van der Waals surface area contributed by atoms with Gasteiger partial charge in [0.1, 0.15) is 0 Å². The molecule has 0 spiro atoms. The summed E-state index contributed by atoms with van der Waals surface area (Å²) >= 11 is 0. The van der Waals surface area contributed by atoms with Gasteiger partial charge in [-0.05, 0) is 30.0 Å². The minimum Gasteiger partial charge on any atom is -0.502 e. The van der Waals surface area contributed by atoms with Crippen molar-refractivity contribution in [2.75, 3.05) is 0 Å². The summed E-state index contributed by atoms with van der Waals surface area (Å²) in [7, 11) is 0. The first-order chi connectivity index (χ1) is 6.59. The molecule has 0 fully saturated rings. The lowest BCUT2D eigenvalue weighted by molar-refractivity contribution is -0.385. The summed E-state index contributed by atoms with van der Waals surface area (Å²) < 4.78 is 0. The maximum absolute atomic E-state index is 10.5. The van der Waals surface area contributed by atoms with Gasteiger partial charge in [0.15, 0.2) is 5.75 Å². The monoisotopic (exact) mass is 194 g/mol. The molecule has 0 heterocycles. The maximum Gasteiger partial charge on any atom is 0.311 e. The summed E-state index contributed by atoms with van der Waals surface area (Å²) in [6.45, 7) is 0. The van der Waals surface area contributed by atoms with E-state index in [4.69, 9.17) is 5.73 Å². The lowest BCUT2D eigenvalue weighted by Crippen LogP contribution is -2.05. The summed E-state index contributed by atoms with van der Waals surface area (Å²) in [6, 6.07) is 2.69. The van der Waals surface area contributed by atoms with Crippen LogP contribution in [0.4, 0.5) is 5.69 Å². The van der Waals surface area contributed by atoms with E-state index in [1.54, 1.807) is 0 Å². The third-order valence-corrected chi connectivity index (χ3v) is 2.56. The number of hydrogen-bond donors (Lipinski definition) is 2. The van der Waals surface area contributed by atoms with E-state index in [0.717, 1.165) is 24.0 Å². The molecule has 74 valence electrons. The third-order valence-electron chi connectivity index (χ3n) is 2.56. The Morgan fingerprint density at radius 2 is 2.29 bits per heavy atom. The second-order valence-electron chi connectivity index (χ2n) is 3.44. The molecule has 1 aromatic carbocycles. The molecule has 0 saturated heterocycles. The topological polar surface area (TPSA) is 89.4 Å². The fourth-order valence-corrected chi connectivity index (χ4v) is 1.81. The van der Waals surface area contributed by atoms with Crippen LogP contribution in [0, 0.1) is 10.1 Å². The van der Waals surface area contributed by atoms with Crippen LogP contribution in [0.2, 0.25) is 0 Å². The van der Waals surface area contributed by atoms with Crippen LogP contribution in [0.3, 0.4) is 0 Å². The van der Waals surface area contributed by atoms with Crippen molar-refractivity contribution in [1.29, 1.82) is 0 Å². The zero-order chi connectivity index (χ0) is 10.3. The van der Waals surface area contributed by atoms with Crippen molar-refractivity contribution in [3.8, 4) is 5.75 Å². The van der Waals surface area contributed by atoms with Crippen LogP contribution in [0.1, 0.15) is 23.6 Å². The zero-order valence-corrected chi connectivity index (χ0v) is 7.43. The van der Waals surface area contributed by atoms with E-state index in [9.17, 15) is 15.2 Å². The fourth-order valence-electron chi connectivity index (χ4n) is 1.81. The number of aromatic hydroxyl groups is 1. The van der Waals surface area contributed by atoms with Crippen LogP contribution in [0.15, 0.2) is 12.1 Å². The first-order valence-corrected chi connectivity index (χ1v) is 4.35. The van der Waals surface area contributed by atoms with Crippen LogP contribution in [0.5, 0.6) is 5.75 Å². The predicted octanol–water partition coefficient (Wildman–Crippen LogP) is 1.25. The number of phenols is 1. The molecule has 14 heavy (non-hydrogen) atoms. The number of phenolic OH excluding ortho intramolecular Hbond substituents is 1. The standard InChI is InChI=1S/C9H10N2O3/c10-7-2-1-5-3-9(12)8(11(13)14)4-6(5)7/h3-4,7,12H,1-2,10H2/t7-/m0/s1. The molecule has 1 aromatic rings. The van der Waals surface area contributed by atoms with E-state index >= 15 is 0 Å². The normalized spacial score (nSPS) is 19.4. The average molecular weight is 194 g/mol. The quantitative estimate of drug-likeness (QED) is 0.520. The van der Waals surface area contributed by atoms with Crippen LogP contribution in [0.25, 0.3) is 0 Å². The molecule has 1 aliphatic rings. The molecule has 0 radical (unpaired) electrons. The molecule has 0 unspecified atom stereocenters. The van der Waals surface area contributed by atoms with Gasteiger partial charge in [0.2, 0.25) is 0 Å². The number of nitro groups is 1. The number of nitro benzene ring substituents is 1. The van der Waals surface area contributed by atoms with E-state index < -0.39 is 4.92 Å². The molecule has 0 bridgehead atoms. The highest BCUT2D eigenvalue weighted by Crippen LogP contribution is 2.37. The van der Waals surface area contributed by atoms with Gasteiger partial charge in [0.05, 0.1) is 4.92 Å². The van der Waals surface area contributed by atoms with Gasteiger partial charge in [0.25, 0.3) is 0 Å². The molecule has 2 rings (SSSR count). The first-order valence-electron chi connectivity index (χ1n) is 4.35. The molecule has 1 aliphatic carbocycles. The molecular weight excluding hydrogens is 184 g/mol. The Bertz CT molecular complexity index is 403. The number of nitrogens with two attached hydrogens (primary N) is 1. The van der Waals surface area contributed by atoms with Gasteiger partial charge >= 0.3 is 5.69 Å². The van der Waals surface area contributed by atoms with Gasteiger partial charge in [-0.3, -0.25) is 10.1 Å². The number of aryl methyl sites for hydroxylation is 1. The number of hydrogen-bond acceptors (Lipinski definition) is 4. The maximum atomic E-state index is 10.5. The summed E-state index contributed by atoms with van der Waals surface area (Å²) in [5.41, 5.74) is 7.20. The van der Waals surface area contributed by atoms with Crippen molar-refractivity contribution in [3.63, 3.8) is 0 Å². The van der Waals surface area contributed by atoms with Gasteiger partial charge in [0, 0.05) is 12.1 Å². The second kappa shape index (κ2) is 2.95. The molecule has 5 heteroatoms. The number of rotatable bonds is 1. The SMILES string of the molecule is N[C@H]1CCc2cc(O)c([N+](=O)[O-])cc21. The van der Waals surface area contributed by atoms with Gasteiger partial charge in [-0.1, -0.05) is 0 Å². The first kappa shape index (κ1) is 8.96. The van der Waals surface area contributed by atoms with Gasteiger partial charge < -0.3 is 10.8 Å². The fraction of sp³-hybridized carbons (Fsp3) is 0.333. The highest BCUT2D eigenvalue weighted by atomic mass is 16.6. The summed E-state index contributed by atoms with van der Waals surface area (Å²) in [5.74, 6) is -0.275. The lowest BCUT2D eigenvalue weighted by atomic mass is 10.1. The van der Waals surface area contributed by atoms with Crippen LogP contribution >= 0.6 is 0 Å². The van der Waals surface area contributed by atoms with Crippen molar-refractivity contribution in [2.45, 2.75) is 18.9 Å². The van der Waals surface area contributed by atoms with Gasteiger partial charge in [-0.15, -0.1) is 0 Å². The molecule has 0 aromatic heterocycles. The number of nitrogens with zero attached hydrogens (tertiary/aromatic N) is 1. The van der Waals surface area contributed by atoms with E-state index in [1.807, 2.05) is 0 Å². The smallest absolute Gasteiger partial charge is 0.311 e. The van der Waals surface area contributed by atoms with Crippen molar-refractivity contribution < 1.29 is 10.0 Å². The molecule has 0 amide bonds. The van der Waals surface area contributed by atoms with Crippen molar-refractivity contribution >= 4 is 5.69 Å². The minimum absolute atomic E-state index is 0.135. The number of fused-ring (bicyclic) bond motifs is 1. The Labute approximate surface area is 80.3 Å². The zero-order valence-electron chi connectivity index (χ0n) is 7.43. The van der Waals surface area contributed by atoms with Crippen LogP contribution in [-0.2, 0) is 6.42 Å². The van der Waals surface area contributed by atoms with Crippen molar-refractivity contribution in [3.05, 3.63) is 33.4 Å². The Hall–Kier alpha value is -1.62. The van der Waals surface area contributed by atoms with Crippen molar-refractivity contribution in [1.82, 2.24) is 0 Å². The Morgan fingerprint density at radius 1 is 1.57 bits per heavy atom. The highest BCUT2D eigenvalue weighted by Gasteiger charge is 2.24. The van der Waals surface area contributed by atoms with Gasteiger partial charge in [-0.25, -0.2) is 0 Å². The largest absolute Gasteiger partial charge is 0.502 e. The third kappa shape index (κ3) is 1.22. The average Bonchev–Trinajstić information content (AvgIpc) is 2.46. The predicted molar refractivity (Wildman–Crippen MR) is 50.0 cm³/mol. The molecular formula is C9H10N2O3. The van der Waals surface area contributed by atoms with Crippen LogP contribution < -0.4 is 5.73 Å². The Balaban J connectivity index is 2.57. The summed E-state index contributed by atoms with van der Waals surface area (Å²) in [6.07, 6.45) is 1.57. The molecule has 0 saturated carbocycles. The summed E-state index contributed by atoms with van der Waals surface area (Å²) in [5, 5.41) is 19.9. The van der Waals surface area contributed by atoms with Crippen molar-refractivity contribution in [2.24, 2.45) is 5.73 Å². The Morgan fingerprint density at radius 3 is 2.93 bits per heavy atom. The molecule has 5 nitrogen and oxygen atoms in total. The number of benzene rings is 1. The van der Waals surface area contributed by atoms with E-state index in [2.05, 4.69) is 0 Å². The highest BCUT2D eigenvalue weighted by molar-refractivity contribution is 5.53. The van der Waals surface area contributed by atoms with E-state index in [-0.39, 0.29) is 17.5 Å². The van der Waals surface area contributed by atoms with Gasteiger partial charge in [-0.2, -0.15) is 0 Å². The second-order valence-corrected chi connectivity index (χ2v) is 3.44. The van der Waals surface area contributed by atoms with Crippen LogP contribution in [-0.4, -0.2) is 10.0 Å². The lowest BCUT2D eigenvalue weighted by Gasteiger charge is -2.04. The summed E-state index contributed by atoms with van der Waals surface area (Å²) in [4.78, 5) is 9.94. The molecule has 0 aliphatic heterocycles. The Kier molecular flexibility index (Phi) is 1.89. The van der Waals surface area contributed by atoms with E-state index in [0.29, 0.717) is 0 Å². The van der Waals surface area contributed by atoms with E-state index in [1.165, 1.54) is 12.1 Å². The molecule has 3 N–H and O–H groups in total.